The molecule has 2 aliphatic rings. The Labute approximate surface area is 181 Å². The van der Waals surface area contributed by atoms with Crippen molar-refractivity contribution in [3.05, 3.63) is 36.0 Å². The summed E-state index contributed by atoms with van der Waals surface area (Å²) in [6, 6.07) is 5.76. The van der Waals surface area contributed by atoms with E-state index in [0.29, 0.717) is 22.7 Å². The molecular formula is C22H28N6OS. The van der Waals surface area contributed by atoms with Crippen LogP contribution in [0, 0.1) is 11.3 Å². The molecule has 2 fully saturated rings. The van der Waals surface area contributed by atoms with Crippen LogP contribution in [-0.4, -0.2) is 45.6 Å². The molecule has 30 heavy (non-hydrogen) atoms. The average Bonchev–Trinajstić information content (AvgIpc) is 3.14. The molecule has 1 aliphatic carbocycles. The lowest BCUT2D eigenvalue weighted by atomic mass is 9.89. The first-order valence-corrected chi connectivity index (χ1v) is 11.3. The first kappa shape index (κ1) is 20.8. The van der Waals surface area contributed by atoms with Crippen LogP contribution < -0.4 is 5.43 Å². The molecule has 8 heteroatoms. The van der Waals surface area contributed by atoms with E-state index in [9.17, 15) is 0 Å². The summed E-state index contributed by atoms with van der Waals surface area (Å²) < 4.78 is 5.08. The van der Waals surface area contributed by atoms with Crippen LogP contribution >= 0.6 is 11.8 Å². The lowest BCUT2D eigenvalue weighted by Crippen LogP contribution is -2.38. The minimum atomic E-state index is 0.110. The van der Waals surface area contributed by atoms with E-state index in [2.05, 4.69) is 22.5 Å². The number of aliphatic imine (C=N–C) groups is 1. The number of amidine groups is 1. The maximum Gasteiger partial charge on any atom is 0.213 e. The summed E-state index contributed by atoms with van der Waals surface area (Å²) in [7, 11) is 3.60. The van der Waals surface area contributed by atoms with Gasteiger partial charge in [0, 0.05) is 24.4 Å². The zero-order chi connectivity index (χ0) is 21.1. The summed E-state index contributed by atoms with van der Waals surface area (Å²) >= 11 is 1.80. The number of aromatic nitrogens is 2. The molecule has 1 atom stereocenters. The van der Waals surface area contributed by atoms with E-state index in [1.165, 1.54) is 39.2 Å². The molecule has 0 bridgehead atoms. The number of fused-ring (bicyclic) bond motifs is 1. The summed E-state index contributed by atoms with van der Waals surface area (Å²) in [5.74, 6) is 1.47. The number of nitrogens with zero attached hydrogens (tertiary/aromatic N) is 4. The molecule has 4 rings (SSSR count). The third-order valence-corrected chi connectivity index (χ3v) is 7.07. The summed E-state index contributed by atoms with van der Waals surface area (Å²) in [6.07, 6.45) is 10.2. The highest BCUT2D eigenvalue weighted by molar-refractivity contribution is 8.14. The van der Waals surface area contributed by atoms with Crippen LogP contribution in [0.2, 0.25) is 0 Å². The Morgan fingerprint density at radius 3 is 2.83 bits per heavy atom. The Morgan fingerprint density at radius 2 is 2.10 bits per heavy atom. The van der Waals surface area contributed by atoms with E-state index in [0.717, 1.165) is 21.8 Å². The van der Waals surface area contributed by atoms with Crippen LogP contribution in [0.15, 0.2) is 35.5 Å². The molecule has 0 spiro atoms. The number of thioether (sulfide) groups is 1. The number of pyridine rings is 2. The minimum Gasteiger partial charge on any atom is -0.481 e. The second kappa shape index (κ2) is 9.14. The van der Waals surface area contributed by atoms with E-state index >= 15 is 0 Å². The highest BCUT2D eigenvalue weighted by atomic mass is 32.2. The van der Waals surface area contributed by atoms with Crippen LogP contribution in [0.5, 0.6) is 0 Å². The van der Waals surface area contributed by atoms with E-state index < -0.39 is 0 Å². The summed E-state index contributed by atoms with van der Waals surface area (Å²) in [5, 5.41) is 11.5. The molecule has 1 unspecified atom stereocenters. The highest BCUT2D eigenvalue weighted by Crippen LogP contribution is 2.37. The quantitative estimate of drug-likeness (QED) is 0.545. The van der Waals surface area contributed by atoms with Gasteiger partial charge in [-0.3, -0.25) is 15.8 Å². The first-order valence-electron chi connectivity index (χ1n) is 10.4. The standard InChI is InChI=1S/C22H28N6OS/c1-4-16(20(23)29-3)15-12-18-17(24-13-15)10-11-19(25-18)26-22-27-28(2)21(30-22)14-8-6-5-7-9-14/h4,10-14,21,23H,5-9H2,1-3H3,(H,25,26,27)/b16-4-,23-20?. The molecule has 1 saturated carbocycles. The number of methoxy groups -OCH3 is 1. The normalized spacial score (nSPS) is 22.4. The van der Waals surface area contributed by atoms with Gasteiger partial charge in [0.1, 0.15) is 0 Å². The zero-order valence-electron chi connectivity index (χ0n) is 17.7. The second-order valence-corrected chi connectivity index (χ2v) is 8.82. The second-order valence-electron chi connectivity index (χ2n) is 7.71. The molecule has 7 nitrogen and oxygen atoms in total. The van der Waals surface area contributed by atoms with E-state index in [1.807, 2.05) is 31.2 Å². The molecule has 0 aromatic carbocycles. The molecule has 3 heterocycles. The van der Waals surface area contributed by atoms with Crippen molar-refractivity contribution in [3.8, 4) is 0 Å². The van der Waals surface area contributed by atoms with Gasteiger partial charge in [-0.1, -0.05) is 37.1 Å². The molecule has 0 amide bonds. The summed E-state index contributed by atoms with van der Waals surface area (Å²) in [4.78, 5) is 14.0. The minimum absolute atomic E-state index is 0.110. The van der Waals surface area contributed by atoms with Gasteiger partial charge in [0.2, 0.25) is 5.90 Å². The van der Waals surface area contributed by atoms with Crippen LogP contribution in [-0.2, 0) is 4.74 Å². The number of ether oxygens (including phenoxy) is 1. The van der Waals surface area contributed by atoms with Crippen molar-refractivity contribution in [1.82, 2.24) is 20.4 Å². The van der Waals surface area contributed by atoms with E-state index in [-0.39, 0.29) is 5.90 Å². The van der Waals surface area contributed by atoms with E-state index in [4.69, 9.17) is 20.1 Å². The Hall–Kier alpha value is -2.45. The molecule has 1 saturated heterocycles. The van der Waals surface area contributed by atoms with Crippen LogP contribution in [0.4, 0.5) is 5.82 Å². The predicted octanol–water partition coefficient (Wildman–Crippen LogP) is 4.73. The number of hydrazine groups is 1. The maximum absolute atomic E-state index is 7.98. The largest absolute Gasteiger partial charge is 0.481 e. The Morgan fingerprint density at radius 1 is 1.30 bits per heavy atom. The molecule has 0 radical (unpaired) electrons. The van der Waals surface area contributed by atoms with Gasteiger partial charge in [0.05, 0.1) is 23.5 Å². The van der Waals surface area contributed by atoms with Crippen LogP contribution in [0.25, 0.3) is 16.6 Å². The Bertz CT molecular complexity index is 998. The molecule has 2 aromatic rings. The topological polar surface area (TPSA) is 86.5 Å². The lowest BCUT2D eigenvalue weighted by molar-refractivity contribution is 0.193. The van der Waals surface area contributed by atoms with Crippen molar-refractivity contribution in [2.75, 3.05) is 14.2 Å². The van der Waals surface area contributed by atoms with Gasteiger partial charge in [-0.2, -0.15) is 0 Å². The molecular weight excluding hydrogens is 396 g/mol. The average molecular weight is 425 g/mol. The van der Waals surface area contributed by atoms with Crippen molar-refractivity contribution in [2.24, 2.45) is 10.9 Å². The van der Waals surface area contributed by atoms with Crippen molar-refractivity contribution < 1.29 is 4.74 Å². The third-order valence-electron chi connectivity index (χ3n) is 5.73. The van der Waals surface area contributed by atoms with Gasteiger partial charge in [0.25, 0.3) is 0 Å². The fourth-order valence-electron chi connectivity index (χ4n) is 4.17. The van der Waals surface area contributed by atoms with Crippen LogP contribution in [0.3, 0.4) is 0 Å². The lowest BCUT2D eigenvalue weighted by Gasteiger charge is -2.29. The summed E-state index contributed by atoms with van der Waals surface area (Å²) in [6.45, 7) is 1.88. The van der Waals surface area contributed by atoms with Crippen LogP contribution in [0.1, 0.15) is 44.6 Å². The highest BCUT2D eigenvalue weighted by Gasteiger charge is 2.34. The first-order chi connectivity index (χ1) is 14.6. The van der Waals surface area contributed by atoms with Gasteiger partial charge in [-0.15, -0.1) is 0 Å². The number of nitrogens with one attached hydrogen (secondary N) is 2. The zero-order valence-corrected chi connectivity index (χ0v) is 18.5. The number of allylic oxidation sites excluding steroid dienone is 1. The van der Waals surface area contributed by atoms with Crippen molar-refractivity contribution in [2.45, 2.75) is 44.4 Å². The fraction of sp³-hybridized carbons (Fsp3) is 0.455. The van der Waals surface area contributed by atoms with Gasteiger partial charge >= 0.3 is 0 Å². The maximum atomic E-state index is 7.98. The Balaban J connectivity index is 1.58. The van der Waals surface area contributed by atoms with Gasteiger partial charge in [-0.05, 0) is 43.9 Å². The molecule has 2 N–H and O–H groups in total. The predicted molar refractivity (Wildman–Crippen MR) is 124 cm³/mol. The fourth-order valence-corrected chi connectivity index (χ4v) is 5.41. The smallest absolute Gasteiger partial charge is 0.213 e. The van der Waals surface area contributed by atoms with E-state index in [1.54, 1.807) is 18.0 Å². The molecule has 1 aliphatic heterocycles. The summed E-state index contributed by atoms with van der Waals surface area (Å²) in [5.41, 5.74) is 6.44. The molecule has 2 aromatic heterocycles. The number of rotatable bonds is 4. The van der Waals surface area contributed by atoms with Gasteiger partial charge < -0.3 is 4.74 Å². The van der Waals surface area contributed by atoms with Crippen molar-refractivity contribution in [3.63, 3.8) is 0 Å². The van der Waals surface area contributed by atoms with Crippen molar-refractivity contribution in [1.29, 1.82) is 5.41 Å². The number of hydrogen-bond donors (Lipinski definition) is 2. The van der Waals surface area contributed by atoms with Crippen molar-refractivity contribution >= 4 is 45.3 Å². The van der Waals surface area contributed by atoms with Gasteiger partial charge in [-0.25, -0.2) is 15.0 Å². The SMILES string of the molecule is C/C=C(\C(=N)OC)c1cnc2ccc(N=C3NN(C)C(C4CCCCC4)S3)nc2c1. The monoisotopic (exact) mass is 424 g/mol. The third kappa shape index (κ3) is 4.34. The number of hydrogen-bond acceptors (Lipinski definition) is 7. The molecule has 158 valence electrons. The van der Waals surface area contributed by atoms with Gasteiger partial charge in [0.15, 0.2) is 11.0 Å². The Kier molecular flexibility index (Phi) is 6.34.